The van der Waals surface area contributed by atoms with Gasteiger partial charge in [-0.05, 0) is 74.2 Å². The number of amides is 2. The molecule has 1 atom stereocenters. The summed E-state index contributed by atoms with van der Waals surface area (Å²) in [6.07, 6.45) is 4.06. The van der Waals surface area contributed by atoms with Gasteiger partial charge in [0, 0.05) is 17.6 Å². The molecule has 1 N–H and O–H groups in total. The van der Waals surface area contributed by atoms with E-state index in [1.54, 1.807) is 25.1 Å². The Bertz CT molecular complexity index is 1530. The number of carbonyl (C=O) groups excluding carboxylic acids is 2. The molecule has 11 heteroatoms. The van der Waals surface area contributed by atoms with E-state index in [-0.39, 0.29) is 46.3 Å². The lowest BCUT2D eigenvalue weighted by Gasteiger charge is -2.34. The molecule has 1 saturated carbocycles. The highest BCUT2D eigenvalue weighted by atomic mass is 35.5. The number of ether oxygens (including phenoxy) is 1. The summed E-state index contributed by atoms with van der Waals surface area (Å²) in [6.45, 7) is 2.97. The second-order valence-electron chi connectivity index (χ2n) is 10.7. The van der Waals surface area contributed by atoms with Crippen molar-refractivity contribution in [1.29, 1.82) is 0 Å². The van der Waals surface area contributed by atoms with Crippen molar-refractivity contribution >= 4 is 39.1 Å². The van der Waals surface area contributed by atoms with E-state index >= 15 is 0 Å². The SMILES string of the molecule is CCC(C(=O)NC1CCCC1)N(Cc1ccc(F)cc1)C(=O)CN(c1cc(Cl)ccc1OC)S(=O)(=O)c1ccc(C)cc1. The first kappa shape index (κ1) is 32.3. The molecule has 0 spiro atoms. The van der Waals surface area contributed by atoms with Crippen LogP contribution in [-0.2, 0) is 26.2 Å². The highest BCUT2D eigenvalue weighted by molar-refractivity contribution is 7.92. The van der Waals surface area contributed by atoms with Gasteiger partial charge in [-0.15, -0.1) is 0 Å². The summed E-state index contributed by atoms with van der Waals surface area (Å²) in [5.74, 6) is -1.16. The Morgan fingerprint density at radius 1 is 1.05 bits per heavy atom. The highest BCUT2D eigenvalue weighted by Gasteiger charge is 2.35. The number of halogens is 2. The van der Waals surface area contributed by atoms with Crippen LogP contribution in [-0.4, -0.2) is 50.9 Å². The Hall–Kier alpha value is -3.63. The quantitative estimate of drug-likeness (QED) is 0.271. The van der Waals surface area contributed by atoms with Crippen LogP contribution in [0.2, 0.25) is 5.02 Å². The summed E-state index contributed by atoms with van der Waals surface area (Å²) in [7, 11) is -2.91. The third-order valence-electron chi connectivity index (χ3n) is 7.65. The number of nitrogens with zero attached hydrogens (tertiary/aromatic N) is 2. The molecule has 1 aliphatic carbocycles. The van der Waals surface area contributed by atoms with Gasteiger partial charge in [-0.2, -0.15) is 0 Å². The number of carbonyl (C=O) groups is 2. The fourth-order valence-electron chi connectivity index (χ4n) is 5.28. The minimum absolute atomic E-state index is 0.0240. The monoisotopic (exact) mass is 629 g/mol. The Morgan fingerprint density at radius 2 is 1.70 bits per heavy atom. The van der Waals surface area contributed by atoms with Crippen LogP contribution in [0, 0.1) is 12.7 Å². The minimum Gasteiger partial charge on any atom is -0.495 e. The molecule has 43 heavy (non-hydrogen) atoms. The van der Waals surface area contributed by atoms with Crippen LogP contribution in [0.4, 0.5) is 10.1 Å². The third kappa shape index (κ3) is 7.86. The largest absolute Gasteiger partial charge is 0.495 e. The van der Waals surface area contributed by atoms with Gasteiger partial charge < -0.3 is 15.0 Å². The molecular formula is C32H37ClFN3O5S. The van der Waals surface area contributed by atoms with Crippen LogP contribution in [0.3, 0.4) is 0 Å². The molecule has 3 aromatic rings. The van der Waals surface area contributed by atoms with Crippen LogP contribution < -0.4 is 14.4 Å². The van der Waals surface area contributed by atoms with Gasteiger partial charge >= 0.3 is 0 Å². The Balaban J connectivity index is 1.76. The van der Waals surface area contributed by atoms with E-state index < -0.39 is 34.3 Å². The van der Waals surface area contributed by atoms with Crippen molar-refractivity contribution in [1.82, 2.24) is 10.2 Å². The van der Waals surface area contributed by atoms with Gasteiger partial charge in [-0.25, -0.2) is 12.8 Å². The lowest BCUT2D eigenvalue weighted by molar-refractivity contribution is -0.140. The number of benzene rings is 3. The topological polar surface area (TPSA) is 96.0 Å². The molecule has 0 saturated heterocycles. The van der Waals surface area contributed by atoms with E-state index in [2.05, 4.69) is 5.32 Å². The van der Waals surface area contributed by atoms with E-state index in [0.29, 0.717) is 5.56 Å². The van der Waals surface area contributed by atoms with Gasteiger partial charge in [0.05, 0.1) is 17.7 Å². The summed E-state index contributed by atoms with van der Waals surface area (Å²) in [5.41, 5.74) is 1.54. The summed E-state index contributed by atoms with van der Waals surface area (Å²) < 4.78 is 48.4. The lowest BCUT2D eigenvalue weighted by atomic mass is 10.1. The van der Waals surface area contributed by atoms with Crippen LogP contribution in [0.5, 0.6) is 5.75 Å². The fourth-order valence-corrected chi connectivity index (χ4v) is 6.87. The Labute approximate surface area is 257 Å². The molecule has 1 fully saturated rings. The van der Waals surface area contributed by atoms with Crippen molar-refractivity contribution in [2.24, 2.45) is 0 Å². The molecule has 1 aliphatic rings. The van der Waals surface area contributed by atoms with Crippen LogP contribution in [0.25, 0.3) is 0 Å². The zero-order chi connectivity index (χ0) is 31.1. The maximum absolute atomic E-state index is 14.2. The molecule has 4 rings (SSSR count). The molecule has 0 aromatic heterocycles. The number of anilines is 1. The van der Waals surface area contributed by atoms with Crippen molar-refractivity contribution < 1.29 is 27.1 Å². The van der Waals surface area contributed by atoms with E-state index in [9.17, 15) is 22.4 Å². The smallest absolute Gasteiger partial charge is 0.264 e. The van der Waals surface area contributed by atoms with Crippen molar-refractivity contribution in [2.45, 2.75) is 69.5 Å². The van der Waals surface area contributed by atoms with Gasteiger partial charge in [0.2, 0.25) is 11.8 Å². The van der Waals surface area contributed by atoms with Gasteiger partial charge in [0.15, 0.2) is 0 Å². The standard InChI is InChI=1S/C32H37ClFN3O5S/c1-4-28(32(39)35-26-7-5-6-8-26)36(20-23-11-14-25(34)15-12-23)31(38)21-37(29-19-24(33)13-18-30(29)42-3)43(40,41)27-16-9-22(2)10-17-27/h9-19,26,28H,4-8,20-21H2,1-3H3,(H,35,39). The second-order valence-corrected chi connectivity index (χ2v) is 13.0. The number of nitrogens with one attached hydrogen (secondary N) is 1. The summed E-state index contributed by atoms with van der Waals surface area (Å²) >= 11 is 6.29. The third-order valence-corrected chi connectivity index (χ3v) is 9.66. The number of sulfonamides is 1. The predicted octanol–water partition coefficient (Wildman–Crippen LogP) is 5.86. The Kier molecular flexibility index (Phi) is 10.7. The molecule has 8 nitrogen and oxygen atoms in total. The number of hydrogen-bond donors (Lipinski definition) is 1. The molecule has 3 aromatic carbocycles. The average Bonchev–Trinajstić information content (AvgIpc) is 3.50. The first-order chi connectivity index (χ1) is 20.5. The maximum atomic E-state index is 14.2. The number of aryl methyl sites for hydroxylation is 1. The number of rotatable bonds is 12. The predicted molar refractivity (Wildman–Crippen MR) is 165 cm³/mol. The summed E-state index contributed by atoms with van der Waals surface area (Å²) in [4.78, 5) is 29.1. The van der Waals surface area contributed by atoms with Crippen molar-refractivity contribution in [3.05, 3.63) is 88.7 Å². The zero-order valence-corrected chi connectivity index (χ0v) is 26.1. The normalized spacial score (nSPS) is 14.3. The first-order valence-corrected chi connectivity index (χ1v) is 16.1. The zero-order valence-electron chi connectivity index (χ0n) is 24.6. The molecule has 0 heterocycles. The Morgan fingerprint density at radius 3 is 2.30 bits per heavy atom. The number of methoxy groups -OCH3 is 1. The van der Waals surface area contributed by atoms with Gasteiger partial charge in [0.25, 0.3) is 10.0 Å². The van der Waals surface area contributed by atoms with Crippen molar-refractivity contribution in [2.75, 3.05) is 18.0 Å². The van der Waals surface area contributed by atoms with Gasteiger partial charge in [-0.3, -0.25) is 13.9 Å². The second kappa shape index (κ2) is 14.2. The van der Waals surface area contributed by atoms with Gasteiger partial charge in [-0.1, -0.05) is 61.2 Å². The molecule has 0 radical (unpaired) electrons. The minimum atomic E-state index is -4.30. The number of hydrogen-bond acceptors (Lipinski definition) is 5. The summed E-state index contributed by atoms with van der Waals surface area (Å²) in [5, 5.41) is 3.32. The van der Waals surface area contributed by atoms with E-state index in [1.165, 1.54) is 60.5 Å². The first-order valence-electron chi connectivity index (χ1n) is 14.3. The molecule has 230 valence electrons. The fraction of sp³-hybridized carbons (Fsp3) is 0.375. The molecule has 1 unspecified atom stereocenters. The van der Waals surface area contributed by atoms with Crippen molar-refractivity contribution in [3.8, 4) is 5.75 Å². The van der Waals surface area contributed by atoms with Crippen molar-refractivity contribution in [3.63, 3.8) is 0 Å². The van der Waals surface area contributed by atoms with Crippen LogP contribution in [0.15, 0.2) is 71.6 Å². The van der Waals surface area contributed by atoms with Crippen LogP contribution >= 0.6 is 11.6 Å². The van der Waals surface area contributed by atoms with E-state index in [0.717, 1.165) is 35.6 Å². The highest BCUT2D eigenvalue weighted by Crippen LogP contribution is 2.35. The van der Waals surface area contributed by atoms with E-state index in [1.807, 2.05) is 6.92 Å². The maximum Gasteiger partial charge on any atom is 0.264 e. The summed E-state index contributed by atoms with van der Waals surface area (Å²) in [6, 6.07) is 15.6. The van der Waals surface area contributed by atoms with Crippen LogP contribution in [0.1, 0.15) is 50.2 Å². The molecule has 0 aliphatic heterocycles. The molecule has 0 bridgehead atoms. The lowest BCUT2D eigenvalue weighted by Crippen LogP contribution is -2.53. The van der Waals surface area contributed by atoms with Gasteiger partial charge in [0.1, 0.15) is 24.2 Å². The molecular weight excluding hydrogens is 593 g/mol. The average molecular weight is 630 g/mol. The molecule has 2 amide bonds. The van der Waals surface area contributed by atoms with E-state index in [4.69, 9.17) is 16.3 Å².